The summed E-state index contributed by atoms with van der Waals surface area (Å²) in [7, 11) is 0. The maximum Gasteiger partial charge on any atom is 0.238 e. The van der Waals surface area contributed by atoms with Crippen LogP contribution in [-0.2, 0) is 17.6 Å². The number of nitrogens with one attached hydrogen (secondary N) is 1. The molecule has 0 saturated carbocycles. The van der Waals surface area contributed by atoms with Crippen LogP contribution in [0.2, 0.25) is 0 Å². The topological polar surface area (TPSA) is 52.6 Å². The quantitative estimate of drug-likeness (QED) is 0.743. The number of hydrogen-bond acceptors (Lipinski definition) is 3. The molecule has 0 saturated heterocycles. The highest BCUT2D eigenvalue weighted by molar-refractivity contribution is 5.92. The predicted octanol–water partition coefficient (Wildman–Crippen LogP) is 1.59. The number of fused-ring (bicyclic) bond motifs is 1. The van der Waals surface area contributed by atoms with Crippen molar-refractivity contribution in [3.63, 3.8) is 0 Å². The van der Waals surface area contributed by atoms with Crippen LogP contribution in [-0.4, -0.2) is 42.2 Å². The van der Waals surface area contributed by atoms with Crippen LogP contribution in [0.4, 0.5) is 5.69 Å². The monoisotopic (exact) mass is 274 g/mol. The number of aliphatic hydroxyl groups excluding tert-OH is 1. The van der Waals surface area contributed by atoms with Crippen LogP contribution in [0.5, 0.6) is 0 Å². The van der Waals surface area contributed by atoms with Gasteiger partial charge in [0, 0.05) is 18.8 Å². The smallest absolute Gasteiger partial charge is 0.238 e. The number of benzene rings is 1. The van der Waals surface area contributed by atoms with Crippen molar-refractivity contribution in [1.82, 2.24) is 4.90 Å². The fourth-order valence-electron chi connectivity index (χ4n) is 2.61. The fourth-order valence-corrected chi connectivity index (χ4v) is 2.61. The zero-order valence-electron chi connectivity index (χ0n) is 11.8. The van der Waals surface area contributed by atoms with Crippen LogP contribution in [0.3, 0.4) is 0 Å². The minimum absolute atomic E-state index is 0.0416. The van der Waals surface area contributed by atoms with Gasteiger partial charge in [0.05, 0.1) is 13.2 Å². The van der Waals surface area contributed by atoms with Crippen LogP contribution >= 0.6 is 0 Å². The summed E-state index contributed by atoms with van der Waals surface area (Å²) in [5.74, 6) is -0.0572. The molecule has 0 aliphatic heterocycles. The van der Waals surface area contributed by atoms with E-state index in [1.54, 1.807) is 6.08 Å². The molecular weight excluding hydrogens is 252 g/mol. The second-order valence-corrected chi connectivity index (χ2v) is 5.13. The van der Waals surface area contributed by atoms with Gasteiger partial charge in [-0.1, -0.05) is 12.1 Å². The number of hydrogen-bond donors (Lipinski definition) is 2. The molecular formula is C16H22N2O2. The fraction of sp³-hybridized carbons (Fsp3) is 0.438. The normalized spacial score (nSPS) is 13.3. The van der Waals surface area contributed by atoms with Gasteiger partial charge in [-0.2, -0.15) is 0 Å². The van der Waals surface area contributed by atoms with E-state index in [4.69, 9.17) is 5.11 Å². The molecule has 4 heteroatoms. The molecule has 0 aromatic heterocycles. The van der Waals surface area contributed by atoms with E-state index in [9.17, 15) is 4.79 Å². The Morgan fingerprint density at radius 2 is 2.20 bits per heavy atom. The van der Waals surface area contributed by atoms with E-state index < -0.39 is 0 Å². The minimum Gasteiger partial charge on any atom is -0.395 e. The standard InChI is InChI=1S/C16H22N2O2/c1-2-8-18(9-10-19)12-16(20)17-15-7-6-13-4-3-5-14(13)11-15/h2,6-7,11,19H,1,3-5,8-10,12H2,(H,17,20). The highest BCUT2D eigenvalue weighted by Crippen LogP contribution is 2.24. The summed E-state index contributed by atoms with van der Waals surface area (Å²) in [6, 6.07) is 6.14. The Kier molecular flexibility index (Phi) is 5.32. The largest absolute Gasteiger partial charge is 0.395 e. The van der Waals surface area contributed by atoms with E-state index >= 15 is 0 Å². The summed E-state index contributed by atoms with van der Waals surface area (Å²) in [5, 5.41) is 11.9. The molecule has 0 heterocycles. The number of nitrogens with zero attached hydrogens (tertiary/aromatic N) is 1. The minimum atomic E-state index is -0.0572. The van der Waals surface area contributed by atoms with Gasteiger partial charge in [0.1, 0.15) is 0 Å². The molecule has 2 N–H and O–H groups in total. The average Bonchev–Trinajstić information content (AvgIpc) is 2.86. The first kappa shape index (κ1) is 14.8. The Hall–Kier alpha value is -1.65. The maximum atomic E-state index is 12.0. The second-order valence-electron chi connectivity index (χ2n) is 5.13. The van der Waals surface area contributed by atoms with Crippen molar-refractivity contribution in [3.8, 4) is 0 Å². The van der Waals surface area contributed by atoms with Crippen LogP contribution in [0.1, 0.15) is 17.5 Å². The molecule has 0 fully saturated rings. The van der Waals surface area contributed by atoms with Crippen molar-refractivity contribution >= 4 is 11.6 Å². The SMILES string of the molecule is C=CCN(CCO)CC(=O)Nc1ccc2c(c1)CCC2. The molecule has 1 aromatic rings. The van der Waals surface area contributed by atoms with E-state index in [1.807, 2.05) is 11.0 Å². The molecule has 1 aliphatic carbocycles. The molecule has 0 spiro atoms. The van der Waals surface area contributed by atoms with Gasteiger partial charge in [-0.05, 0) is 42.5 Å². The highest BCUT2D eigenvalue weighted by Gasteiger charge is 2.13. The Morgan fingerprint density at radius 1 is 1.40 bits per heavy atom. The molecule has 2 rings (SSSR count). The zero-order valence-corrected chi connectivity index (χ0v) is 11.8. The van der Waals surface area contributed by atoms with Crippen molar-refractivity contribution in [1.29, 1.82) is 0 Å². The van der Waals surface area contributed by atoms with Gasteiger partial charge in [-0.25, -0.2) is 0 Å². The second kappa shape index (κ2) is 7.22. The van der Waals surface area contributed by atoms with Crippen molar-refractivity contribution in [2.24, 2.45) is 0 Å². The molecule has 108 valence electrons. The lowest BCUT2D eigenvalue weighted by molar-refractivity contribution is -0.117. The molecule has 0 unspecified atom stereocenters. The Balaban J connectivity index is 1.91. The summed E-state index contributed by atoms with van der Waals surface area (Å²) in [4.78, 5) is 13.9. The van der Waals surface area contributed by atoms with Gasteiger partial charge in [-0.3, -0.25) is 9.69 Å². The first-order valence-corrected chi connectivity index (χ1v) is 7.08. The zero-order chi connectivity index (χ0) is 14.4. The Bertz CT molecular complexity index is 485. The molecule has 1 amide bonds. The number of carbonyl (C=O) groups excluding carboxylic acids is 1. The Morgan fingerprint density at radius 3 is 2.95 bits per heavy atom. The van der Waals surface area contributed by atoms with Crippen molar-refractivity contribution in [2.45, 2.75) is 19.3 Å². The predicted molar refractivity (Wildman–Crippen MR) is 80.8 cm³/mol. The lowest BCUT2D eigenvalue weighted by Crippen LogP contribution is -2.35. The van der Waals surface area contributed by atoms with Gasteiger partial charge in [-0.15, -0.1) is 6.58 Å². The van der Waals surface area contributed by atoms with Crippen LogP contribution in [0.15, 0.2) is 30.9 Å². The van der Waals surface area contributed by atoms with E-state index in [0.717, 1.165) is 18.5 Å². The third-order valence-corrected chi connectivity index (χ3v) is 3.55. The van der Waals surface area contributed by atoms with E-state index in [2.05, 4.69) is 24.0 Å². The van der Waals surface area contributed by atoms with Crippen molar-refractivity contribution in [2.75, 3.05) is 31.6 Å². The number of anilines is 1. The van der Waals surface area contributed by atoms with Crippen LogP contribution < -0.4 is 5.32 Å². The molecule has 0 atom stereocenters. The van der Waals surface area contributed by atoms with E-state index in [-0.39, 0.29) is 19.1 Å². The number of aliphatic hydroxyl groups is 1. The van der Waals surface area contributed by atoms with Gasteiger partial charge >= 0.3 is 0 Å². The van der Waals surface area contributed by atoms with E-state index in [0.29, 0.717) is 13.1 Å². The first-order valence-electron chi connectivity index (χ1n) is 7.08. The van der Waals surface area contributed by atoms with Crippen molar-refractivity contribution < 1.29 is 9.90 Å². The average molecular weight is 274 g/mol. The molecule has 4 nitrogen and oxygen atoms in total. The molecule has 0 bridgehead atoms. The van der Waals surface area contributed by atoms with Gasteiger partial charge in [0.2, 0.25) is 5.91 Å². The number of aryl methyl sites for hydroxylation is 2. The van der Waals surface area contributed by atoms with Crippen LogP contribution in [0, 0.1) is 0 Å². The number of rotatable bonds is 7. The first-order chi connectivity index (χ1) is 9.72. The summed E-state index contributed by atoms with van der Waals surface area (Å²) in [6.45, 7) is 5.04. The maximum absolute atomic E-state index is 12.0. The van der Waals surface area contributed by atoms with Gasteiger partial charge in [0.25, 0.3) is 0 Å². The Labute approximate surface area is 120 Å². The summed E-state index contributed by atoms with van der Waals surface area (Å²) in [5.41, 5.74) is 3.61. The third-order valence-electron chi connectivity index (χ3n) is 3.55. The summed E-state index contributed by atoms with van der Waals surface area (Å²) in [6.07, 6.45) is 5.19. The lowest BCUT2D eigenvalue weighted by atomic mass is 10.1. The number of amides is 1. The number of carbonyl (C=O) groups is 1. The lowest BCUT2D eigenvalue weighted by Gasteiger charge is -2.18. The van der Waals surface area contributed by atoms with Crippen molar-refractivity contribution in [3.05, 3.63) is 42.0 Å². The molecule has 1 aliphatic rings. The summed E-state index contributed by atoms with van der Waals surface area (Å²) >= 11 is 0. The van der Waals surface area contributed by atoms with Crippen LogP contribution in [0.25, 0.3) is 0 Å². The molecule has 1 aromatic carbocycles. The van der Waals surface area contributed by atoms with Gasteiger partial charge in [0.15, 0.2) is 0 Å². The summed E-state index contributed by atoms with van der Waals surface area (Å²) < 4.78 is 0. The van der Waals surface area contributed by atoms with Gasteiger partial charge < -0.3 is 10.4 Å². The molecule has 20 heavy (non-hydrogen) atoms. The molecule has 0 radical (unpaired) electrons. The highest BCUT2D eigenvalue weighted by atomic mass is 16.3. The third kappa shape index (κ3) is 3.92. The van der Waals surface area contributed by atoms with E-state index in [1.165, 1.54) is 17.5 Å².